The Balaban J connectivity index is 1.45. The minimum Gasteiger partial charge on any atom is -0.462 e. The average Bonchev–Trinajstić information content (AvgIpc) is 3.34. The predicted octanol–water partition coefficient (Wildman–Crippen LogP) is 3.37. The van der Waals surface area contributed by atoms with Gasteiger partial charge in [-0.25, -0.2) is 8.42 Å². The minimum absolute atomic E-state index is 0.239. The molecule has 0 aliphatic carbocycles. The summed E-state index contributed by atoms with van der Waals surface area (Å²) in [5.41, 5.74) is 0. The monoisotopic (exact) mass is 375 g/mol. The molecule has 3 heterocycles. The Morgan fingerprint density at radius 2 is 1.80 bits per heavy atom. The molecule has 0 N–H and O–H groups in total. The highest BCUT2D eigenvalue weighted by molar-refractivity contribution is 7.89. The van der Waals surface area contributed by atoms with E-state index in [0.29, 0.717) is 23.7 Å². The van der Waals surface area contributed by atoms with Crippen molar-refractivity contribution in [3.8, 4) is 10.8 Å². The van der Waals surface area contributed by atoms with E-state index < -0.39 is 10.0 Å². The highest BCUT2D eigenvalue weighted by Gasteiger charge is 2.31. The highest BCUT2D eigenvalue weighted by atomic mass is 32.2. The lowest BCUT2D eigenvalue weighted by Crippen LogP contribution is -2.37. The molecule has 3 aromatic rings. The van der Waals surface area contributed by atoms with E-state index in [0.717, 1.165) is 22.9 Å². The van der Waals surface area contributed by atoms with Crippen LogP contribution in [0.15, 0.2) is 58.0 Å². The van der Waals surface area contributed by atoms with E-state index in [1.54, 1.807) is 34.8 Å². The molecule has 2 aromatic heterocycles. The van der Waals surface area contributed by atoms with E-state index in [4.69, 9.17) is 4.42 Å². The van der Waals surface area contributed by atoms with Gasteiger partial charge in [-0.2, -0.15) is 4.31 Å². The first-order valence-corrected chi connectivity index (χ1v) is 10.3. The van der Waals surface area contributed by atoms with Crippen molar-refractivity contribution in [2.75, 3.05) is 13.1 Å². The minimum atomic E-state index is -3.41. The van der Waals surface area contributed by atoms with Gasteiger partial charge in [-0.15, -0.1) is 10.2 Å². The molecule has 1 aliphatic rings. The number of furan rings is 1. The van der Waals surface area contributed by atoms with Gasteiger partial charge >= 0.3 is 0 Å². The van der Waals surface area contributed by atoms with E-state index in [1.165, 1.54) is 11.3 Å². The quantitative estimate of drug-likeness (QED) is 0.699. The highest BCUT2D eigenvalue weighted by Crippen LogP contribution is 2.34. The van der Waals surface area contributed by atoms with Crippen LogP contribution in [0.4, 0.5) is 0 Å². The van der Waals surface area contributed by atoms with E-state index in [-0.39, 0.29) is 5.92 Å². The zero-order valence-corrected chi connectivity index (χ0v) is 15.0. The van der Waals surface area contributed by atoms with Crippen LogP contribution in [0.25, 0.3) is 10.8 Å². The largest absolute Gasteiger partial charge is 0.462 e. The van der Waals surface area contributed by atoms with Crippen molar-refractivity contribution in [1.82, 2.24) is 14.5 Å². The molecule has 4 rings (SSSR count). The van der Waals surface area contributed by atoms with Crippen LogP contribution in [0.1, 0.15) is 23.8 Å². The molecule has 0 saturated carbocycles. The molecule has 0 radical (unpaired) electrons. The normalized spacial score (nSPS) is 17.0. The number of sulfonamides is 1. The van der Waals surface area contributed by atoms with Crippen molar-refractivity contribution in [1.29, 1.82) is 0 Å². The van der Waals surface area contributed by atoms with Crippen LogP contribution in [0, 0.1) is 0 Å². The van der Waals surface area contributed by atoms with E-state index in [2.05, 4.69) is 10.2 Å². The van der Waals surface area contributed by atoms with Gasteiger partial charge in [0.25, 0.3) is 0 Å². The standard InChI is InChI=1S/C17H17N3O3S2/c21-25(22,14-5-2-1-3-6-14)20-10-8-13(9-11-20)16-18-19-17(24-16)15-7-4-12-23-15/h1-7,12-13H,8-11H2. The van der Waals surface area contributed by atoms with Gasteiger partial charge in [0, 0.05) is 19.0 Å². The molecule has 0 spiro atoms. The van der Waals surface area contributed by atoms with Crippen LogP contribution in [0.3, 0.4) is 0 Å². The number of rotatable bonds is 4. The maximum absolute atomic E-state index is 12.7. The van der Waals surface area contributed by atoms with Crippen molar-refractivity contribution < 1.29 is 12.8 Å². The summed E-state index contributed by atoms with van der Waals surface area (Å²) < 4.78 is 32.3. The van der Waals surface area contributed by atoms with Gasteiger partial charge in [0.15, 0.2) is 10.8 Å². The van der Waals surface area contributed by atoms with Crippen molar-refractivity contribution in [2.24, 2.45) is 0 Å². The summed E-state index contributed by atoms with van der Waals surface area (Å²) in [5, 5.41) is 10.2. The lowest BCUT2D eigenvalue weighted by Gasteiger charge is -2.30. The number of aromatic nitrogens is 2. The molecule has 0 unspecified atom stereocenters. The first-order valence-electron chi connectivity index (χ1n) is 8.07. The zero-order valence-electron chi connectivity index (χ0n) is 13.4. The van der Waals surface area contributed by atoms with Crippen molar-refractivity contribution in [3.05, 3.63) is 53.7 Å². The second kappa shape index (κ2) is 6.70. The molecule has 8 heteroatoms. The molecule has 130 valence electrons. The second-order valence-electron chi connectivity index (χ2n) is 5.91. The third-order valence-corrected chi connectivity index (χ3v) is 7.37. The zero-order chi connectivity index (χ0) is 17.3. The smallest absolute Gasteiger partial charge is 0.243 e. The second-order valence-corrected chi connectivity index (χ2v) is 8.86. The van der Waals surface area contributed by atoms with Crippen LogP contribution in [-0.4, -0.2) is 36.0 Å². The Morgan fingerprint density at radius 1 is 1.04 bits per heavy atom. The first kappa shape index (κ1) is 16.4. The fraction of sp³-hybridized carbons (Fsp3) is 0.294. The molecule has 25 heavy (non-hydrogen) atoms. The SMILES string of the molecule is O=S(=O)(c1ccccc1)N1CCC(c2nnc(-c3ccco3)s2)CC1. The number of hydrogen-bond acceptors (Lipinski definition) is 6. The van der Waals surface area contributed by atoms with Crippen LogP contribution in [0.2, 0.25) is 0 Å². The topological polar surface area (TPSA) is 76.3 Å². The molecule has 1 aliphatic heterocycles. The Kier molecular flexibility index (Phi) is 4.41. The fourth-order valence-electron chi connectivity index (χ4n) is 2.98. The summed E-state index contributed by atoms with van der Waals surface area (Å²) in [6, 6.07) is 12.3. The predicted molar refractivity (Wildman–Crippen MR) is 94.8 cm³/mol. The molecule has 6 nitrogen and oxygen atoms in total. The maximum atomic E-state index is 12.7. The number of piperidine rings is 1. The van der Waals surface area contributed by atoms with Gasteiger partial charge in [0.1, 0.15) is 5.01 Å². The lowest BCUT2D eigenvalue weighted by molar-refractivity contribution is 0.318. The molecular weight excluding hydrogens is 358 g/mol. The van der Waals surface area contributed by atoms with Gasteiger partial charge < -0.3 is 4.42 Å². The molecule has 1 fully saturated rings. The van der Waals surface area contributed by atoms with Gasteiger partial charge in [-0.05, 0) is 37.1 Å². The number of benzene rings is 1. The number of nitrogens with zero attached hydrogens (tertiary/aromatic N) is 3. The van der Waals surface area contributed by atoms with Gasteiger partial charge in [0.05, 0.1) is 11.2 Å². The Labute approximate surface area is 150 Å². The van der Waals surface area contributed by atoms with E-state index in [9.17, 15) is 8.42 Å². The van der Waals surface area contributed by atoms with Gasteiger partial charge in [-0.1, -0.05) is 29.5 Å². The van der Waals surface area contributed by atoms with Crippen LogP contribution < -0.4 is 0 Å². The Bertz CT molecular complexity index is 929. The van der Waals surface area contributed by atoms with Crippen LogP contribution in [0.5, 0.6) is 0 Å². The molecule has 1 aromatic carbocycles. The van der Waals surface area contributed by atoms with E-state index in [1.807, 2.05) is 18.2 Å². The van der Waals surface area contributed by atoms with Crippen LogP contribution in [-0.2, 0) is 10.0 Å². The van der Waals surface area contributed by atoms with Crippen molar-refractivity contribution in [2.45, 2.75) is 23.7 Å². The molecule has 0 amide bonds. The summed E-state index contributed by atoms with van der Waals surface area (Å²) >= 11 is 1.52. The third kappa shape index (κ3) is 3.24. The summed E-state index contributed by atoms with van der Waals surface area (Å²) in [6.07, 6.45) is 3.11. The van der Waals surface area contributed by atoms with E-state index >= 15 is 0 Å². The summed E-state index contributed by atoms with van der Waals surface area (Å²) in [5.74, 6) is 0.955. The molecule has 1 saturated heterocycles. The Morgan fingerprint density at radius 3 is 2.48 bits per heavy atom. The average molecular weight is 375 g/mol. The van der Waals surface area contributed by atoms with Gasteiger partial charge in [-0.3, -0.25) is 0 Å². The molecule has 0 bridgehead atoms. The summed E-state index contributed by atoms with van der Waals surface area (Å²) in [6.45, 7) is 0.995. The molecular formula is C17H17N3O3S2. The van der Waals surface area contributed by atoms with Crippen LogP contribution >= 0.6 is 11.3 Å². The Hall–Kier alpha value is -2.03. The summed E-state index contributed by atoms with van der Waals surface area (Å²) in [4.78, 5) is 0.351. The fourth-order valence-corrected chi connectivity index (χ4v) is 5.46. The van der Waals surface area contributed by atoms with Gasteiger partial charge in [0.2, 0.25) is 10.0 Å². The van der Waals surface area contributed by atoms with Crippen molar-refractivity contribution >= 4 is 21.4 Å². The maximum Gasteiger partial charge on any atom is 0.243 e. The summed E-state index contributed by atoms with van der Waals surface area (Å²) in [7, 11) is -3.41. The first-order chi connectivity index (χ1) is 12.1. The molecule has 0 atom stereocenters. The third-order valence-electron chi connectivity index (χ3n) is 4.36. The lowest BCUT2D eigenvalue weighted by atomic mass is 9.99. The number of hydrogen-bond donors (Lipinski definition) is 0. The van der Waals surface area contributed by atoms with Crippen molar-refractivity contribution in [3.63, 3.8) is 0 Å².